The van der Waals surface area contributed by atoms with Crippen molar-refractivity contribution in [2.75, 3.05) is 73.5 Å². The lowest BCUT2D eigenvalue weighted by atomic mass is 10.5. The predicted molar refractivity (Wildman–Crippen MR) is 67.2 cm³/mol. The van der Waals surface area contributed by atoms with Crippen LogP contribution in [0.4, 0.5) is 0 Å². The SMILES string of the molecule is [CH2]CN(CCOCCOC)CCOCCOC. The van der Waals surface area contributed by atoms with E-state index in [9.17, 15) is 0 Å². The van der Waals surface area contributed by atoms with Gasteiger partial charge in [-0.15, -0.1) is 0 Å². The van der Waals surface area contributed by atoms with Crippen LogP contribution in [0.2, 0.25) is 0 Å². The Morgan fingerprint density at radius 2 is 1.24 bits per heavy atom. The zero-order valence-corrected chi connectivity index (χ0v) is 11.2. The van der Waals surface area contributed by atoms with Crippen molar-refractivity contribution in [1.29, 1.82) is 0 Å². The van der Waals surface area contributed by atoms with Crippen molar-refractivity contribution in [3.63, 3.8) is 0 Å². The lowest BCUT2D eigenvalue weighted by Crippen LogP contribution is -2.31. The molecule has 0 saturated heterocycles. The number of methoxy groups -OCH3 is 2. The highest BCUT2D eigenvalue weighted by Crippen LogP contribution is 1.89. The van der Waals surface area contributed by atoms with Crippen LogP contribution in [-0.2, 0) is 18.9 Å². The summed E-state index contributed by atoms with van der Waals surface area (Å²) in [4.78, 5) is 2.19. The quantitative estimate of drug-likeness (QED) is 0.443. The highest BCUT2D eigenvalue weighted by atomic mass is 16.5. The number of rotatable bonds is 13. The second kappa shape index (κ2) is 13.9. The molecule has 1 radical (unpaired) electrons. The Morgan fingerprint density at radius 3 is 1.59 bits per heavy atom. The first-order valence-electron chi connectivity index (χ1n) is 6.00. The molecule has 0 aromatic heterocycles. The maximum Gasteiger partial charge on any atom is 0.0700 e. The molecule has 5 nitrogen and oxygen atoms in total. The van der Waals surface area contributed by atoms with Crippen LogP contribution in [0.5, 0.6) is 0 Å². The monoisotopic (exact) mass is 248 g/mol. The summed E-state index contributed by atoms with van der Waals surface area (Å²) in [5.74, 6) is 0. The molecule has 0 rings (SSSR count). The van der Waals surface area contributed by atoms with Gasteiger partial charge in [-0.05, 0) is 13.5 Å². The van der Waals surface area contributed by atoms with Gasteiger partial charge < -0.3 is 18.9 Å². The van der Waals surface area contributed by atoms with Gasteiger partial charge in [0, 0.05) is 27.3 Å². The van der Waals surface area contributed by atoms with Gasteiger partial charge in [0.1, 0.15) is 0 Å². The largest absolute Gasteiger partial charge is 0.382 e. The van der Waals surface area contributed by atoms with Crippen LogP contribution in [-0.4, -0.2) is 78.4 Å². The molecule has 0 spiro atoms. The van der Waals surface area contributed by atoms with Gasteiger partial charge in [-0.1, -0.05) is 0 Å². The van der Waals surface area contributed by atoms with Gasteiger partial charge in [-0.25, -0.2) is 0 Å². The molecule has 103 valence electrons. The van der Waals surface area contributed by atoms with Gasteiger partial charge in [0.15, 0.2) is 0 Å². The fourth-order valence-electron chi connectivity index (χ4n) is 1.21. The Morgan fingerprint density at radius 1 is 0.765 bits per heavy atom. The van der Waals surface area contributed by atoms with E-state index in [1.54, 1.807) is 14.2 Å². The minimum atomic E-state index is 0.643. The van der Waals surface area contributed by atoms with Gasteiger partial charge in [-0.3, -0.25) is 4.90 Å². The number of nitrogens with zero attached hydrogens (tertiary/aromatic N) is 1. The van der Waals surface area contributed by atoms with E-state index in [1.165, 1.54) is 0 Å². The average Bonchev–Trinajstić information content (AvgIpc) is 2.36. The Bertz CT molecular complexity index is 132. The molecule has 0 atom stereocenters. The van der Waals surface area contributed by atoms with Crippen LogP contribution >= 0.6 is 0 Å². The topological polar surface area (TPSA) is 40.2 Å². The third kappa shape index (κ3) is 12.1. The first-order chi connectivity index (χ1) is 8.35. The molecular formula is C12H26NO4. The van der Waals surface area contributed by atoms with Crippen LogP contribution in [0.3, 0.4) is 0 Å². The van der Waals surface area contributed by atoms with Crippen LogP contribution < -0.4 is 0 Å². The summed E-state index contributed by atoms with van der Waals surface area (Å²) < 4.78 is 20.6. The lowest BCUT2D eigenvalue weighted by Gasteiger charge is -2.20. The van der Waals surface area contributed by atoms with Crippen molar-refractivity contribution in [3.05, 3.63) is 6.92 Å². The Hall–Kier alpha value is -0.200. The molecule has 17 heavy (non-hydrogen) atoms. The fourth-order valence-corrected chi connectivity index (χ4v) is 1.21. The van der Waals surface area contributed by atoms with E-state index in [2.05, 4.69) is 11.8 Å². The van der Waals surface area contributed by atoms with E-state index in [0.717, 1.165) is 19.6 Å². The fraction of sp³-hybridized carbons (Fsp3) is 0.917. The van der Waals surface area contributed by atoms with E-state index in [-0.39, 0.29) is 0 Å². The second-order valence-electron chi connectivity index (χ2n) is 3.55. The van der Waals surface area contributed by atoms with Crippen molar-refractivity contribution in [1.82, 2.24) is 4.90 Å². The summed E-state index contributed by atoms with van der Waals surface area (Å²) in [6.45, 7) is 10.4. The summed E-state index contributed by atoms with van der Waals surface area (Å²) in [6.07, 6.45) is 0. The van der Waals surface area contributed by atoms with Gasteiger partial charge in [0.25, 0.3) is 0 Å². The normalized spacial score (nSPS) is 11.3. The van der Waals surface area contributed by atoms with Crippen molar-refractivity contribution < 1.29 is 18.9 Å². The Kier molecular flexibility index (Phi) is 13.7. The van der Waals surface area contributed by atoms with Crippen LogP contribution in [0.25, 0.3) is 0 Å². The molecule has 0 aliphatic rings. The van der Waals surface area contributed by atoms with E-state index >= 15 is 0 Å². The zero-order valence-electron chi connectivity index (χ0n) is 11.2. The minimum absolute atomic E-state index is 0.643. The van der Waals surface area contributed by atoms with Crippen LogP contribution in [0.15, 0.2) is 0 Å². The van der Waals surface area contributed by atoms with E-state index in [4.69, 9.17) is 18.9 Å². The van der Waals surface area contributed by atoms with E-state index in [1.807, 2.05) is 0 Å². The van der Waals surface area contributed by atoms with E-state index < -0.39 is 0 Å². The molecule has 0 aromatic carbocycles. The average molecular weight is 248 g/mol. The Balaban J connectivity index is 3.30. The van der Waals surface area contributed by atoms with Gasteiger partial charge in [-0.2, -0.15) is 0 Å². The molecule has 0 unspecified atom stereocenters. The molecule has 0 aliphatic heterocycles. The van der Waals surface area contributed by atoms with Gasteiger partial charge >= 0.3 is 0 Å². The number of hydrogen-bond acceptors (Lipinski definition) is 5. The van der Waals surface area contributed by atoms with Crippen molar-refractivity contribution in [3.8, 4) is 0 Å². The maximum atomic E-state index is 5.40. The molecule has 0 heterocycles. The molecule has 0 aliphatic carbocycles. The van der Waals surface area contributed by atoms with Gasteiger partial charge in [0.2, 0.25) is 0 Å². The lowest BCUT2D eigenvalue weighted by molar-refractivity contribution is 0.0406. The third-order valence-corrected chi connectivity index (χ3v) is 2.28. The molecule has 5 heteroatoms. The zero-order chi connectivity index (χ0) is 12.8. The highest BCUT2D eigenvalue weighted by Gasteiger charge is 2.01. The minimum Gasteiger partial charge on any atom is -0.382 e. The summed E-state index contributed by atoms with van der Waals surface area (Å²) in [5.41, 5.74) is 0. The molecule has 0 amide bonds. The van der Waals surface area contributed by atoms with Crippen LogP contribution in [0.1, 0.15) is 0 Å². The number of hydrogen-bond donors (Lipinski definition) is 0. The second-order valence-corrected chi connectivity index (χ2v) is 3.55. The summed E-state index contributed by atoms with van der Waals surface area (Å²) >= 11 is 0. The molecule has 0 bridgehead atoms. The summed E-state index contributed by atoms with van der Waals surface area (Å²) in [7, 11) is 3.34. The molecule has 0 fully saturated rings. The highest BCUT2D eigenvalue weighted by molar-refractivity contribution is 4.58. The van der Waals surface area contributed by atoms with Crippen molar-refractivity contribution >= 4 is 0 Å². The number of ether oxygens (including phenoxy) is 4. The van der Waals surface area contributed by atoms with Crippen LogP contribution in [0, 0.1) is 6.92 Å². The molecule has 0 saturated carbocycles. The summed E-state index contributed by atoms with van der Waals surface area (Å²) in [6, 6.07) is 0. The van der Waals surface area contributed by atoms with Gasteiger partial charge in [0.05, 0.1) is 39.6 Å². The van der Waals surface area contributed by atoms with E-state index in [0.29, 0.717) is 39.6 Å². The third-order valence-electron chi connectivity index (χ3n) is 2.28. The summed E-state index contributed by atoms with van der Waals surface area (Å²) in [5, 5.41) is 0. The smallest absolute Gasteiger partial charge is 0.0700 e. The van der Waals surface area contributed by atoms with Crippen molar-refractivity contribution in [2.45, 2.75) is 0 Å². The first kappa shape index (κ1) is 16.8. The molecular weight excluding hydrogens is 222 g/mol. The standard InChI is InChI=1S/C12H26NO4/c1-4-13(5-7-16-11-9-14-2)6-8-17-12-10-15-3/h1,4-12H2,2-3H3. The molecule has 0 N–H and O–H groups in total. The Labute approximate surface area is 105 Å². The molecule has 0 aromatic rings. The first-order valence-corrected chi connectivity index (χ1v) is 6.00. The maximum absolute atomic E-state index is 5.40. The van der Waals surface area contributed by atoms with Crippen molar-refractivity contribution in [2.24, 2.45) is 0 Å². The predicted octanol–water partition coefficient (Wildman–Crippen LogP) is 0.448.